The van der Waals surface area contributed by atoms with Gasteiger partial charge in [0.05, 0.1) is 0 Å². The van der Waals surface area contributed by atoms with Gasteiger partial charge in [-0.25, -0.2) is 4.98 Å². The van der Waals surface area contributed by atoms with E-state index in [1.165, 1.54) is 11.5 Å². The van der Waals surface area contributed by atoms with Crippen molar-refractivity contribution in [2.24, 2.45) is 0 Å². The molecule has 1 aromatic heterocycles. The van der Waals surface area contributed by atoms with Gasteiger partial charge >= 0.3 is 0 Å². The van der Waals surface area contributed by atoms with Crippen molar-refractivity contribution < 1.29 is 0 Å². The molecule has 0 aromatic carbocycles. The number of rotatable bonds is 3. The van der Waals surface area contributed by atoms with Crippen LogP contribution in [-0.2, 0) is 0 Å². The highest BCUT2D eigenvalue weighted by Crippen LogP contribution is 2.29. The summed E-state index contributed by atoms with van der Waals surface area (Å²) in [6.45, 7) is 4.20. The predicted molar refractivity (Wildman–Crippen MR) is 60.3 cm³/mol. The molecule has 14 heavy (non-hydrogen) atoms. The van der Waals surface area contributed by atoms with Crippen molar-refractivity contribution in [2.45, 2.75) is 44.0 Å². The highest BCUT2D eigenvalue weighted by atomic mass is 35.5. The van der Waals surface area contributed by atoms with Crippen molar-refractivity contribution in [2.75, 3.05) is 5.32 Å². The second-order valence-corrected chi connectivity index (χ2v) is 5.39. The van der Waals surface area contributed by atoms with Gasteiger partial charge in [-0.3, -0.25) is 0 Å². The topological polar surface area (TPSA) is 37.8 Å². The minimum Gasteiger partial charge on any atom is -0.357 e. The summed E-state index contributed by atoms with van der Waals surface area (Å²) in [7, 11) is 0. The first-order valence-electron chi connectivity index (χ1n) is 4.89. The van der Waals surface area contributed by atoms with Crippen molar-refractivity contribution >= 4 is 28.3 Å². The molecule has 2 rings (SSSR count). The number of nitrogens with one attached hydrogen (secondary N) is 1. The fraction of sp³-hybridized carbons (Fsp3) is 0.778. The molecule has 0 atom stereocenters. The van der Waals surface area contributed by atoms with Crippen LogP contribution in [0.2, 0.25) is 0 Å². The lowest BCUT2D eigenvalue weighted by molar-refractivity contribution is 0.454. The molecule has 1 aliphatic carbocycles. The van der Waals surface area contributed by atoms with Crippen LogP contribution in [0, 0.1) is 0 Å². The molecule has 0 amide bonds. The first-order valence-corrected chi connectivity index (χ1v) is 6.10. The van der Waals surface area contributed by atoms with E-state index in [0.717, 1.165) is 23.8 Å². The lowest BCUT2D eigenvalue weighted by Gasteiger charge is -2.31. The van der Waals surface area contributed by atoms with Gasteiger partial charge in [-0.1, -0.05) is 13.8 Å². The van der Waals surface area contributed by atoms with E-state index in [0.29, 0.717) is 17.3 Å². The van der Waals surface area contributed by atoms with E-state index in [9.17, 15) is 0 Å². The monoisotopic (exact) mass is 231 g/mol. The Balaban J connectivity index is 1.90. The summed E-state index contributed by atoms with van der Waals surface area (Å²) < 4.78 is 4.28. The normalized spacial score (nSPS) is 26.3. The zero-order valence-electron chi connectivity index (χ0n) is 8.33. The van der Waals surface area contributed by atoms with Crippen LogP contribution in [0.25, 0.3) is 0 Å². The van der Waals surface area contributed by atoms with Crippen molar-refractivity contribution in [1.82, 2.24) is 9.36 Å². The first kappa shape index (κ1) is 10.2. The van der Waals surface area contributed by atoms with Gasteiger partial charge in [-0.05, 0) is 12.8 Å². The smallest absolute Gasteiger partial charge is 0.202 e. The molecule has 1 aromatic rings. The van der Waals surface area contributed by atoms with E-state index in [1.807, 2.05) is 0 Å². The van der Waals surface area contributed by atoms with E-state index in [-0.39, 0.29) is 0 Å². The molecule has 1 saturated carbocycles. The third-order valence-corrected chi connectivity index (χ3v) is 3.38. The molecule has 1 heterocycles. The van der Waals surface area contributed by atoms with E-state index >= 15 is 0 Å². The number of nitrogens with zero attached hydrogens (tertiary/aromatic N) is 2. The summed E-state index contributed by atoms with van der Waals surface area (Å²) in [5, 5.41) is 4.63. The summed E-state index contributed by atoms with van der Waals surface area (Å²) in [6, 6.07) is 0.505. The third-order valence-electron chi connectivity index (χ3n) is 2.37. The van der Waals surface area contributed by atoms with Crippen molar-refractivity contribution in [3.05, 3.63) is 5.82 Å². The lowest BCUT2D eigenvalue weighted by Crippen LogP contribution is -2.35. The minimum absolute atomic E-state index is 0.352. The summed E-state index contributed by atoms with van der Waals surface area (Å²) in [4.78, 5) is 4.41. The number of anilines is 1. The van der Waals surface area contributed by atoms with Crippen LogP contribution in [0.4, 0.5) is 5.13 Å². The molecule has 1 aliphatic rings. The van der Waals surface area contributed by atoms with Gasteiger partial charge < -0.3 is 5.32 Å². The fourth-order valence-corrected chi connectivity index (χ4v) is 2.58. The molecule has 3 nitrogen and oxygen atoms in total. The Hall–Kier alpha value is -0.350. The largest absolute Gasteiger partial charge is 0.357 e. The van der Waals surface area contributed by atoms with Crippen molar-refractivity contribution in [3.63, 3.8) is 0 Å². The van der Waals surface area contributed by atoms with Gasteiger partial charge in [0.2, 0.25) is 5.13 Å². The fourth-order valence-electron chi connectivity index (χ4n) is 1.37. The van der Waals surface area contributed by atoms with E-state index in [4.69, 9.17) is 11.6 Å². The molecule has 0 saturated heterocycles. The molecule has 0 aliphatic heterocycles. The molecule has 1 fully saturated rings. The zero-order valence-corrected chi connectivity index (χ0v) is 9.90. The van der Waals surface area contributed by atoms with E-state index < -0.39 is 0 Å². The van der Waals surface area contributed by atoms with Gasteiger partial charge in [0, 0.05) is 28.9 Å². The SMILES string of the molecule is CC(C)c1nsc(NC2CC(Cl)C2)n1. The van der Waals surface area contributed by atoms with Crippen LogP contribution in [0.1, 0.15) is 38.4 Å². The number of hydrogen-bond donors (Lipinski definition) is 1. The van der Waals surface area contributed by atoms with E-state index in [1.54, 1.807) is 0 Å². The average molecular weight is 232 g/mol. The van der Waals surface area contributed by atoms with Crippen molar-refractivity contribution in [3.8, 4) is 0 Å². The maximum Gasteiger partial charge on any atom is 0.202 e. The van der Waals surface area contributed by atoms with Gasteiger partial charge in [-0.2, -0.15) is 4.37 Å². The van der Waals surface area contributed by atoms with Crippen LogP contribution in [-0.4, -0.2) is 20.8 Å². The Bertz CT molecular complexity index is 307. The molecular formula is C9H14ClN3S. The Kier molecular flexibility index (Phi) is 2.93. The predicted octanol–water partition coefficient (Wildman–Crippen LogP) is 2.84. The maximum atomic E-state index is 5.89. The van der Waals surface area contributed by atoms with Gasteiger partial charge in [0.1, 0.15) is 5.82 Å². The Morgan fingerprint density at radius 2 is 2.21 bits per heavy atom. The highest BCUT2D eigenvalue weighted by molar-refractivity contribution is 7.09. The molecule has 1 N–H and O–H groups in total. The second kappa shape index (κ2) is 4.03. The lowest BCUT2D eigenvalue weighted by atomic mass is 9.93. The quantitative estimate of drug-likeness (QED) is 0.813. The molecule has 0 radical (unpaired) electrons. The highest BCUT2D eigenvalue weighted by Gasteiger charge is 2.27. The molecular weight excluding hydrogens is 218 g/mol. The van der Waals surface area contributed by atoms with Gasteiger partial charge in [0.15, 0.2) is 0 Å². The number of halogens is 1. The van der Waals surface area contributed by atoms with Crippen LogP contribution in [0.5, 0.6) is 0 Å². The van der Waals surface area contributed by atoms with E-state index in [2.05, 4.69) is 28.5 Å². The summed E-state index contributed by atoms with van der Waals surface area (Å²) >= 11 is 7.33. The molecule has 0 bridgehead atoms. The van der Waals surface area contributed by atoms with Crippen LogP contribution in [0.3, 0.4) is 0 Å². The molecule has 5 heteroatoms. The average Bonchev–Trinajstić information content (AvgIpc) is 2.50. The summed E-state index contributed by atoms with van der Waals surface area (Å²) in [6.07, 6.45) is 2.08. The number of hydrogen-bond acceptors (Lipinski definition) is 4. The molecule has 0 spiro atoms. The summed E-state index contributed by atoms with van der Waals surface area (Å²) in [5.41, 5.74) is 0. The number of alkyl halides is 1. The summed E-state index contributed by atoms with van der Waals surface area (Å²) in [5.74, 6) is 1.34. The standard InChI is InChI=1S/C9H14ClN3S/c1-5(2)8-12-9(14-13-8)11-7-3-6(10)4-7/h5-7H,3-4H2,1-2H3,(H,11,12,13). The van der Waals surface area contributed by atoms with Crippen LogP contribution < -0.4 is 5.32 Å². The van der Waals surface area contributed by atoms with Crippen LogP contribution in [0.15, 0.2) is 0 Å². The van der Waals surface area contributed by atoms with Crippen LogP contribution >= 0.6 is 23.1 Å². The molecule has 0 unspecified atom stereocenters. The second-order valence-electron chi connectivity index (χ2n) is 4.02. The molecule has 78 valence electrons. The van der Waals surface area contributed by atoms with Gasteiger partial charge in [0.25, 0.3) is 0 Å². The van der Waals surface area contributed by atoms with Gasteiger partial charge in [-0.15, -0.1) is 11.6 Å². The Labute approximate surface area is 93.1 Å². The first-order chi connectivity index (χ1) is 6.65. The third kappa shape index (κ3) is 2.17. The van der Waals surface area contributed by atoms with Crippen molar-refractivity contribution in [1.29, 1.82) is 0 Å². The Morgan fingerprint density at radius 3 is 2.71 bits per heavy atom. The minimum atomic E-state index is 0.352. The Morgan fingerprint density at radius 1 is 1.50 bits per heavy atom. The zero-order chi connectivity index (χ0) is 10.1. The maximum absolute atomic E-state index is 5.89. The number of aromatic nitrogens is 2.